The molecule has 5 nitrogen and oxygen atoms in total. The number of hydrogen-bond acceptors (Lipinski definition) is 3. The average Bonchev–Trinajstić information content (AvgIpc) is 2.45. The standard InChI is InChI=1S/C16H24BrN3O2/c1-16(2,14(21)18-10-5-11-20(3)4)15(22)19-13-8-6-12(17)7-9-13/h6-9H,5,10-11H2,1-4H3,(H,18,21)(H,19,22). The van der Waals surface area contributed by atoms with Crippen LogP contribution in [-0.4, -0.2) is 43.9 Å². The van der Waals surface area contributed by atoms with Crippen molar-refractivity contribution in [3.8, 4) is 0 Å². The number of carbonyl (C=O) groups excluding carboxylic acids is 2. The van der Waals surface area contributed by atoms with E-state index in [0.717, 1.165) is 17.4 Å². The molecule has 2 amide bonds. The van der Waals surface area contributed by atoms with Gasteiger partial charge in [-0.2, -0.15) is 0 Å². The third-order valence-corrected chi connectivity index (χ3v) is 3.83. The number of carbonyl (C=O) groups is 2. The van der Waals surface area contributed by atoms with Gasteiger partial charge in [-0.05, 0) is 65.2 Å². The van der Waals surface area contributed by atoms with Crippen LogP contribution < -0.4 is 10.6 Å². The Hall–Kier alpha value is -1.40. The summed E-state index contributed by atoms with van der Waals surface area (Å²) in [6.07, 6.45) is 0.850. The van der Waals surface area contributed by atoms with Crippen LogP contribution in [0.4, 0.5) is 5.69 Å². The second kappa shape index (κ2) is 8.29. The minimum atomic E-state index is -1.12. The first-order chi connectivity index (χ1) is 10.2. The Kier molecular flexibility index (Phi) is 7.03. The van der Waals surface area contributed by atoms with E-state index < -0.39 is 5.41 Å². The summed E-state index contributed by atoms with van der Waals surface area (Å²) in [7, 11) is 3.97. The largest absolute Gasteiger partial charge is 0.355 e. The van der Waals surface area contributed by atoms with Crippen LogP contribution >= 0.6 is 15.9 Å². The third-order valence-electron chi connectivity index (χ3n) is 3.31. The molecular formula is C16H24BrN3O2. The summed E-state index contributed by atoms with van der Waals surface area (Å²) in [4.78, 5) is 26.6. The van der Waals surface area contributed by atoms with Crippen LogP contribution in [0.25, 0.3) is 0 Å². The molecule has 0 saturated carbocycles. The number of nitrogens with zero attached hydrogens (tertiary/aromatic N) is 1. The van der Waals surface area contributed by atoms with E-state index in [1.807, 2.05) is 26.2 Å². The average molecular weight is 370 g/mol. The zero-order valence-corrected chi connectivity index (χ0v) is 15.2. The molecule has 1 aromatic rings. The highest BCUT2D eigenvalue weighted by Gasteiger charge is 2.35. The zero-order valence-electron chi connectivity index (χ0n) is 13.6. The van der Waals surface area contributed by atoms with E-state index in [4.69, 9.17) is 0 Å². The second-order valence-electron chi connectivity index (χ2n) is 6.00. The molecule has 0 saturated heterocycles. The Bertz CT molecular complexity index is 513. The smallest absolute Gasteiger partial charge is 0.239 e. The number of hydrogen-bond donors (Lipinski definition) is 2. The Morgan fingerprint density at radius 3 is 2.27 bits per heavy atom. The number of nitrogens with one attached hydrogen (secondary N) is 2. The van der Waals surface area contributed by atoms with Crippen LogP contribution in [0.15, 0.2) is 28.7 Å². The van der Waals surface area contributed by atoms with Crippen molar-refractivity contribution in [1.29, 1.82) is 0 Å². The third kappa shape index (κ3) is 5.77. The van der Waals surface area contributed by atoms with Gasteiger partial charge in [0.2, 0.25) is 11.8 Å². The van der Waals surface area contributed by atoms with Gasteiger partial charge in [-0.3, -0.25) is 9.59 Å². The summed E-state index contributed by atoms with van der Waals surface area (Å²) in [6, 6.07) is 7.24. The first-order valence-electron chi connectivity index (χ1n) is 7.23. The van der Waals surface area contributed by atoms with Gasteiger partial charge in [-0.1, -0.05) is 15.9 Å². The maximum Gasteiger partial charge on any atom is 0.239 e. The van der Waals surface area contributed by atoms with Gasteiger partial charge >= 0.3 is 0 Å². The highest BCUT2D eigenvalue weighted by atomic mass is 79.9. The van der Waals surface area contributed by atoms with Crippen LogP contribution in [0.2, 0.25) is 0 Å². The van der Waals surface area contributed by atoms with Crippen LogP contribution in [-0.2, 0) is 9.59 Å². The highest BCUT2D eigenvalue weighted by molar-refractivity contribution is 9.10. The van der Waals surface area contributed by atoms with E-state index in [9.17, 15) is 9.59 Å². The van der Waals surface area contributed by atoms with Crippen LogP contribution in [0.3, 0.4) is 0 Å². The van der Waals surface area contributed by atoms with Crippen molar-refractivity contribution in [2.24, 2.45) is 5.41 Å². The molecule has 0 spiro atoms. The van der Waals surface area contributed by atoms with Crippen molar-refractivity contribution in [3.05, 3.63) is 28.7 Å². The molecule has 2 N–H and O–H groups in total. The lowest BCUT2D eigenvalue weighted by molar-refractivity contribution is -0.138. The van der Waals surface area contributed by atoms with Crippen LogP contribution in [0, 0.1) is 5.41 Å². The van der Waals surface area contributed by atoms with Crippen molar-refractivity contribution >= 4 is 33.4 Å². The number of benzene rings is 1. The first kappa shape index (κ1) is 18.6. The fourth-order valence-electron chi connectivity index (χ4n) is 1.74. The normalized spacial score (nSPS) is 11.4. The van der Waals surface area contributed by atoms with Gasteiger partial charge in [0, 0.05) is 16.7 Å². The van der Waals surface area contributed by atoms with Crippen molar-refractivity contribution in [2.45, 2.75) is 20.3 Å². The molecular weight excluding hydrogens is 346 g/mol. The molecule has 0 aliphatic rings. The SMILES string of the molecule is CN(C)CCCNC(=O)C(C)(C)C(=O)Nc1ccc(Br)cc1. The second-order valence-corrected chi connectivity index (χ2v) is 6.91. The monoisotopic (exact) mass is 369 g/mol. The molecule has 0 aromatic heterocycles. The minimum absolute atomic E-state index is 0.263. The van der Waals surface area contributed by atoms with E-state index in [1.165, 1.54) is 0 Å². The maximum atomic E-state index is 12.3. The quantitative estimate of drug-likeness (QED) is 0.573. The molecule has 0 unspecified atom stereocenters. The molecule has 0 aliphatic carbocycles. The van der Waals surface area contributed by atoms with Crippen molar-refractivity contribution in [2.75, 3.05) is 32.5 Å². The molecule has 0 radical (unpaired) electrons. The van der Waals surface area contributed by atoms with Gasteiger partial charge in [0.05, 0.1) is 0 Å². The molecule has 0 bridgehead atoms. The van der Waals surface area contributed by atoms with E-state index in [0.29, 0.717) is 12.2 Å². The number of amides is 2. The number of rotatable bonds is 7. The van der Waals surface area contributed by atoms with Crippen molar-refractivity contribution < 1.29 is 9.59 Å². The minimum Gasteiger partial charge on any atom is -0.355 e. The molecule has 0 aliphatic heterocycles. The lowest BCUT2D eigenvalue weighted by Gasteiger charge is -2.23. The lowest BCUT2D eigenvalue weighted by atomic mass is 9.91. The van der Waals surface area contributed by atoms with E-state index >= 15 is 0 Å². The molecule has 122 valence electrons. The molecule has 1 rings (SSSR count). The zero-order chi connectivity index (χ0) is 16.8. The summed E-state index contributed by atoms with van der Waals surface area (Å²) < 4.78 is 0.934. The summed E-state index contributed by atoms with van der Waals surface area (Å²) in [5, 5.41) is 5.59. The van der Waals surface area contributed by atoms with Gasteiger partial charge in [-0.25, -0.2) is 0 Å². The summed E-state index contributed by atoms with van der Waals surface area (Å²) >= 11 is 3.34. The fraction of sp³-hybridized carbons (Fsp3) is 0.500. The molecule has 0 fully saturated rings. The topological polar surface area (TPSA) is 61.4 Å². The van der Waals surface area contributed by atoms with E-state index in [-0.39, 0.29) is 11.8 Å². The predicted molar refractivity (Wildman–Crippen MR) is 92.7 cm³/mol. The van der Waals surface area contributed by atoms with Gasteiger partial charge < -0.3 is 15.5 Å². The fourth-order valence-corrected chi connectivity index (χ4v) is 2.01. The van der Waals surface area contributed by atoms with Crippen LogP contribution in [0.5, 0.6) is 0 Å². The first-order valence-corrected chi connectivity index (χ1v) is 8.03. The van der Waals surface area contributed by atoms with Gasteiger partial charge in [-0.15, -0.1) is 0 Å². The summed E-state index contributed by atoms with van der Waals surface area (Å²) in [5.41, 5.74) is -0.452. The Morgan fingerprint density at radius 1 is 1.14 bits per heavy atom. The number of halogens is 1. The summed E-state index contributed by atoms with van der Waals surface area (Å²) in [5.74, 6) is -0.583. The van der Waals surface area contributed by atoms with E-state index in [1.54, 1.807) is 26.0 Å². The highest BCUT2D eigenvalue weighted by Crippen LogP contribution is 2.20. The van der Waals surface area contributed by atoms with Crippen molar-refractivity contribution in [3.63, 3.8) is 0 Å². The Labute approximate surface area is 140 Å². The Balaban J connectivity index is 2.54. The molecule has 0 atom stereocenters. The molecule has 22 heavy (non-hydrogen) atoms. The number of anilines is 1. The lowest BCUT2D eigenvalue weighted by Crippen LogP contribution is -2.45. The maximum absolute atomic E-state index is 12.3. The van der Waals surface area contributed by atoms with Gasteiger partial charge in [0.25, 0.3) is 0 Å². The van der Waals surface area contributed by atoms with Crippen LogP contribution in [0.1, 0.15) is 20.3 Å². The summed E-state index contributed by atoms with van der Waals surface area (Å²) in [6.45, 7) is 4.71. The van der Waals surface area contributed by atoms with Gasteiger partial charge in [0.15, 0.2) is 0 Å². The molecule has 1 aromatic carbocycles. The Morgan fingerprint density at radius 2 is 1.73 bits per heavy atom. The van der Waals surface area contributed by atoms with Crippen molar-refractivity contribution in [1.82, 2.24) is 10.2 Å². The van der Waals surface area contributed by atoms with Gasteiger partial charge in [0.1, 0.15) is 5.41 Å². The van der Waals surface area contributed by atoms with E-state index in [2.05, 4.69) is 31.5 Å². The molecule has 0 heterocycles. The molecule has 6 heteroatoms. The predicted octanol–water partition coefficient (Wildman–Crippen LogP) is 2.48.